The van der Waals surface area contributed by atoms with Crippen LogP contribution in [-0.4, -0.2) is 36.6 Å². The second kappa shape index (κ2) is 8.08. The van der Waals surface area contributed by atoms with E-state index in [0.29, 0.717) is 12.1 Å². The highest BCUT2D eigenvalue weighted by molar-refractivity contribution is 4.74. The zero-order valence-corrected chi connectivity index (χ0v) is 12.4. The fourth-order valence-electron chi connectivity index (χ4n) is 2.02. The molecule has 0 radical (unpaired) electrons. The molecule has 0 aliphatic rings. The lowest BCUT2D eigenvalue weighted by atomic mass is 10.1. The van der Waals surface area contributed by atoms with Crippen molar-refractivity contribution in [2.75, 3.05) is 19.6 Å². The van der Waals surface area contributed by atoms with E-state index in [0.717, 1.165) is 24.9 Å². The van der Waals surface area contributed by atoms with Gasteiger partial charge in [-0.05, 0) is 39.2 Å². The Morgan fingerprint density at radius 3 is 1.75 bits per heavy atom. The summed E-state index contributed by atoms with van der Waals surface area (Å²) >= 11 is 0. The fourth-order valence-corrected chi connectivity index (χ4v) is 2.02. The minimum absolute atomic E-state index is 0.626. The Kier molecular flexibility index (Phi) is 8.04. The summed E-state index contributed by atoms with van der Waals surface area (Å²) in [5.74, 6) is 1.49. The number of nitrogens with one attached hydrogen (secondary N) is 1. The van der Waals surface area contributed by atoms with E-state index in [1.165, 1.54) is 6.54 Å². The molecule has 0 saturated heterocycles. The van der Waals surface area contributed by atoms with Crippen LogP contribution in [-0.2, 0) is 0 Å². The third-order valence-electron chi connectivity index (χ3n) is 2.80. The van der Waals surface area contributed by atoms with Crippen LogP contribution >= 0.6 is 0 Å². The van der Waals surface area contributed by atoms with E-state index in [4.69, 9.17) is 0 Å². The van der Waals surface area contributed by atoms with Crippen molar-refractivity contribution >= 4 is 0 Å². The summed E-state index contributed by atoms with van der Waals surface area (Å²) < 4.78 is 0. The molecule has 1 N–H and O–H groups in total. The number of rotatable bonds is 8. The molecule has 98 valence electrons. The van der Waals surface area contributed by atoms with Gasteiger partial charge in [-0.3, -0.25) is 4.90 Å². The summed E-state index contributed by atoms with van der Waals surface area (Å²) in [5.41, 5.74) is 0. The van der Waals surface area contributed by atoms with Crippen LogP contribution in [0.25, 0.3) is 0 Å². The molecule has 2 heteroatoms. The third kappa shape index (κ3) is 7.24. The van der Waals surface area contributed by atoms with Crippen molar-refractivity contribution in [2.24, 2.45) is 11.8 Å². The normalized spacial score (nSPS) is 14.4. The van der Waals surface area contributed by atoms with Crippen LogP contribution in [0.15, 0.2) is 0 Å². The Labute approximate surface area is 103 Å². The maximum absolute atomic E-state index is 3.55. The predicted molar refractivity (Wildman–Crippen MR) is 73.8 cm³/mol. The molecule has 0 spiro atoms. The van der Waals surface area contributed by atoms with Crippen molar-refractivity contribution in [1.82, 2.24) is 10.2 Å². The van der Waals surface area contributed by atoms with Gasteiger partial charge < -0.3 is 5.32 Å². The molecule has 1 atom stereocenters. The molecule has 2 nitrogen and oxygen atoms in total. The second-order valence-corrected chi connectivity index (χ2v) is 6.09. The van der Waals surface area contributed by atoms with Crippen molar-refractivity contribution in [1.29, 1.82) is 0 Å². The molecular weight excluding hydrogens is 196 g/mol. The average Bonchev–Trinajstić information content (AvgIpc) is 2.12. The van der Waals surface area contributed by atoms with Crippen LogP contribution in [0.3, 0.4) is 0 Å². The van der Waals surface area contributed by atoms with Crippen molar-refractivity contribution in [3.63, 3.8) is 0 Å². The van der Waals surface area contributed by atoms with Crippen LogP contribution in [0.1, 0.15) is 48.5 Å². The van der Waals surface area contributed by atoms with E-state index < -0.39 is 0 Å². The van der Waals surface area contributed by atoms with Crippen LogP contribution in [0, 0.1) is 11.8 Å². The third-order valence-corrected chi connectivity index (χ3v) is 2.80. The molecule has 0 amide bonds. The highest BCUT2D eigenvalue weighted by Crippen LogP contribution is 2.08. The molecule has 0 rings (SSSR count). The van der Waals surface area contributed by atoms with E-state index in [9.17, 15) is 0 Å². The quantitative estimate of drug-likeness (QED) is 0.687. The molecule has 0 saturated carbocycles. The zero-order chi connectivity index (χ0) is 12.7. The molecule has 0 fully saturated rings. The van der Waals surface area contributed by atoms with Crippen LogP contribution < -0.4 is 5.32 Å². The monoisotopic (exact) mass is 228 g/mol. The minimum atomic E-state index is 0.626. The van der Waals surface area contributed by atoms with Gasteiger partial charge in [0.15, 0.2) is 0 Å². The molecule has 16 heavy (non-hydrogen) atoms. The number of nitrogens with zero attached hydrogens (tertiary/aromatic N) is 1. The molecule has 0 aromatic heterocycles. The van der Waals surface area contributed by atoms with E-state index in [1.54, 1.807) is 0 Å². The molecular formula is C14H32N2. The standard InChI is InChI=1S/C14H32N2/c1-11(2)8-15-9-14(7)16(13(5)6)10-12(3)4/h11-15H,8-10H2,1-7H3. The SMILES string of the molecule is CC(C)CNCC(C)N(CC(C)C)C(C)C. The largest absolute Gasteiger partial charge is 0.315 e. The van der Waals surface area contributed by atoms with Crippen LogP contribution in [0.4, 0.5) is 0 Å². The molecule has 0 heterocycles. The lowest BCUT2D eigenvalue weighted by Crippen LogP contribution is -2.46. The summed E-state index contributed by atoms with van der Waals surface area (Å²) in [6, 6.07) is 1.26. The Bertz CT molecular complexity index is 164. The maximum atomic E-state index is 3.55. The van der Waals surface area contributed by atoms with Gasteiger partial charge in [0.1, 0.15) is 0 Å². The number of hydrogen-bond donors (Lipinski definition) is 1. The van der Waals surface area contributed by atoms with Gasteiger partial charge in [0.2, 0.25) is 0 Å². The van der Waals surface area contributed by atoms with Gasteiger partial charge in [0.05, 0.1) is 0 Å². The lowest BCUT2D eigenvalue weighted by Gasteiger charge is -2.34. The summed E-state index contributed by atoms with van der Waals surface area (Å²) in [4.78, 5) is 2.60. The van der Waals surface area contributed by atoms with Gasteiger partial charge >= 0.3 is 0 Å². The molecule has 0 aromatic carbocycles. The minimum Gasteiger partial charge on any atom is -0.315 e. The summed E-state index contributed by atoms with van der Waals surface area (Å²) in [5, 5.41) is 3.55. The molecule has 0 aliphatic carbocycles. The Hall–Kier alpha value is -0.0800. The number of hydrogen-bond acceptors (Lipinski definition) is 2. The van der Waals surface area contributed by atoms with Gasteiger partial charge in [-0.15, -0.1) is 0 Å². The molecule has 0 aliphatic heterocycles. The lowest BCUT2D eigenvalue weighted by molar-refractivity contribution is 0.142. The van der Waals surface area contributed by atoms with Crippen molar-refractivity contribution in [2.45, 2.75) is 60.5 Å². The highest BCUT2D eigenvalue weighted by Gasteiger charge is 2.17. The Morgan fingerprint density at radius 1 is 0.812 bits per heavy atom. The van der Waals surface area contributed by atoms with Crippen LogP contribution in [0.2, 0.25) is 0 Å². The van der Waals surface area contributed by atoms with Crippen LogP contribution in [0.5, 0.6) is 0 Å². The predicted octanol–water partition coefficient (Wildman–Crippen LogP) is 2.99. The first-order chi connectivity index (χ1) is 7.34. The van der Waals surface area contributed by atoms with Crippen molar-refractivity contribution < 1.29 is 0 Å². The van der Waals surface area contributed by atoms with Gasteiger partial charge in [-0.1, -0.05) is 27.7 Å². The molecule has 1 unspecified atom stereocenters. The fraction of sp³-hybridized carbons (Fsp3) is 1.00. The van der Waals surface area contributed by atoms with E-state index in [1.807, 2.05) is 0 Å². The second-order valence-electron chi connectivity index (χ2n) is 6.09. The summed E-state index contributed by atoms with van der Waals surface area (Å²) in [6.07, 6.45) is 0. The first kappa shape index (κ1) is 15.9. The summed E-state index contributed by atoms with van der Waals surface area (Å²) in [7, 11) is 0. The zero-order valence-electron chi connectivity index (χ0n) is 12.4. The van der Waals surface area contributed by atoms with E-state index in [-0.39, 0.29) is 0 Å². The van der Waals surface area contributed by atoms with Crippen molar-refractivity contribution in [3.05, 3.63) is 0 Å². The van der Waals surface area contributed by atoms with Gasteiger partial charge in [0, 0.05) is 25.2 Å². The first-order valence-corrected chi connectivity index (χ1v) is 6.81. The smallest absolute Gasteiger partial charge is 0.0195 e. The Balaban J connectivity index is 4.01. The van der Waals surface area contributed by atoms with Gasteiger partial charge in [-0.25, -0.2) is 0 Å². The van der Waals surface area contributed by atoms with Gasteiger partial charge in [-0.2, -0.15) is 0 Å². The highest BCUT2D eigenvalue weighted by atomic mass is 15.2. The molecule has 0 bridgehead atoms. The first-order valence-electron chi connectivity index (χ1n) is 6.81. The maximum Gasteiger partial charge on any atom is 0.0195 e. The van der Waals surface area contributed by atoms with Crippen molar-refractivity contribution in [3.8, 4) is 0 Å². The van der Waals surface area contributed by atoms with E-state index in [2.05, 4.69) is 58.7 Å². The Morgan fingerprint density at radius 2 is 1.38 bits per heavy atom. The topological polar surface area (TPSA) is 15.3 Å². The van der Waals surface area contributed by atoms with Gasteiger partial charge in [0.25, 0.3) is 0 Å². The average molecular weight is 228 g/mol. The van der Waals surface area contributed by atoms with E-state index >= 15 is 0 Å². The molecule has 0 aromatic rings. The summed E-state index contributed by atoms with van der Waals surface area (Å²) in [6.45, 7) is 19.4.